The first kappa shape index (κ1) is 27.5. The van der Waals surface area contributed by atoms with Gasteiger partial charge < -0.3 is 4.40 Å². The summed E-state index contributed by atoms with van der Waals surface area (Å²) >= 11 is 0. The first-order valence-corrected chi connectivity index (χ1v) is 16.7. The molecule has 0 saturated carbocycles. The zero-order valence-electron chi connectivity index (χ0n) is 26.6. The van der Waals surface area contributed by atoms with Crippen LogP contribution in [0.1, 0.15) is 0 Å². The molecule has 0 saturated heterocycles. The molecule has 0 aliphatic rings. The number of para-hydroxylation sites is 2. The minimum Gasteiger partial charge on any atom is -0.308 e. The van der Waals surface area contributed by atoms with Crippen molar-refractivity contribution in [3.63, 3.8) is 0 Å². The van der Waals surface area contributed by atoms with Crippen molar-refractivity contribution in [2.24, 2.45) is 0 Å². The molecule has 0 radical (unpaired) electrons. The fourth-order valence-electron chi connectivity index (χ4n) is 7.57. The Labute approximate surface area is 283 Å². The Hall–Kier alpha value is -6.58. The molecule has 0 unspecified atom stereocenters. The molecular formula is C46H29N3. The van der Waals surface area contributed by atoms with E-state index in [-0.39, 0.29) is 0 Å². The highest BCUT2D eigenvalue weighted by molar-refractivity contribution is 6.25. The molecule has 0 aliphatic heterocycles. The van der Waals surface area contributed by atoms with Gasteiger partial charge in [0.2, 0.25) is 0 Å². The van der Waals surface area contributed by atoms with E-state index in [0.717, 1.165) is 33.6 Å². The van der Waals surface area contributed by atoms with E-state index in [0.29, 0.717) is 5.82 Å². The predicted octanol–water partition coefficient (Wildman–Crippen LogP) is 12.1. The molecule has 0 amide bonds. The summed E-state index contributed by atoms with van der Waals surface area (Å²) in [5, 5.41) is 9.78. The van der Waals surface area contributed by atoms with Crippen LogP contribution in [0.5, 0.6) is 0 Å². The van der Waals surface area contributed by atoms with Crippen LogP contribution >= 0.6 is 0 Å². The monoisotopic (exact) mass is 623 g/mol. The van der Waals surface area contributed by atoms with E-state index < -0.39 is 0 Å². The molecule has 10 aromatic rings. The lowest BCUT2D eigenvalue weighted by Gasteiger charge is -2.10. The molecule has 0 N–H and O–H groups in total. The second-order valence-corrected chi connectivity index (χ2v) is 12.6. The Kier molecular flexibility index (Phi) is 6.18. The van der Waals surface area contributed by atoms with Crippen molar-refractivity contribution in [2.75, 3.05) is 0 Å². The molecule has 0 aliphatic carbocycles. The standard InChI is InChI=1S/C46H29N3/c1-3-14-30(15-4-1)41-29-42(48-46(47-41)31-16-5-2-6-17-31)32-26-27-44-40(28-32)39-24-13-23-38-36-21-10-8-19-34(36)33-18-7-9-20-35(33)37-22-11-12-25-43(37)49(44)45(38)39/h1-29H. The number of benzene rings is 7. The van der Waals surface area contributed by atoms with Crippen molar-refractivity contribution in [2.45, 2.75) is 0 Å². The van der Waals surface area contributed by atoms with Crippen LogP contribution in [0.4, 0.5) is 0 Å². The highest BCUT2D eigenvalue weighted by atomic mass is 14.9. The smallest absolute Gasteiger partial charge is 0.160 e. The summed E-state index contributed by atoms with van der Waals surface area (Å²) in [7, 11) is 0. The van der Waals surface area contributed by atoms with E-state index in [2.05, 4.69) is 156 Å². The van der Waals surface area contributed by atoms with Gasteiger partial charge in [-0.1, -0.05) is 152 Å². The molecule has 0 spiro atoms. The number of aromatic nitrogens is 3. The maximum Gasteiger partial charge on any atom is 0.160 e. The average molecular weight is 624 g/mol. The largest absolute Gasteiger partial charge is 0.308 e. The minimum absolute atomic E-state index is 0.716. The highest BCUT2D eigenvalue weighted by Gasteiger charge is 2.17. The van der Waals surface area contributed by atoms with Crippen LogP contribution in [0.25, 0.3) is 93.5 Å². The number of hydrogen-bond donors (Lipinski definition) is 0. The van der Waals surface area contributed by atoms with Crippen LogP contribution in [-0.4, -0.2) is 14.4 Å². The molecule has 3 nitrogen and oxygen atoms in total. The molecule has 228 valence electrons. The van der Waals surface area contributed by atoms with E-state index in [4.69, 9.17) is 9.97 Å². The summed E-state index contributed by atoms with van der Waals surface area (Å²) in [6, 6.07) is 62.7. The van der Waals surface area contributed by atoms with Gasteiger partial charge >= 0.3 is 0 Å². The van der Waals surface area contributed by atoms with Gasteiger partial charge in [-0.05, 0) is 45.8 Å². The highest BCUT2D eigenvalue weighted by Crippen LogP contribution is 2.40. The van der Waals surface area contributed by atoms with Gasteiger partial charge in [0.15, 0.2) is 5.82 Å². The molecule has 0 fully saturated rings. The van der Waals surface area contributed by atoms with Crippen LogP contribution in [0, 0.1) is 0 Å². The SMILES string of the molecule is c1ccc(-c2cc(-c3ccc4c(c3)c3cccc5c6ccccc6c6ccccc6c6ccccc6n4c53)nc(-c3ccccc3)n2)cc1. The van der Waals surface area contributed by atoms with Gasteiger partial charge in [0.1, 0.15) is 0 Å². The van der Waals surface area contributed by atoms with Gasteiger partial charge in [-0.15, -0.1) is 0 Å². The fraction of sp³-hybridized carbons (Fsp3) is 0. The van der Waals surface area contributed by atoms with Gasteiger partial charge in [0, 0.05) is 38.2 Å². The van der Waals surface area contributed by atoms with Crippen LogP contribution in [0.15, 0.2) is 176 Å². The molecule has 3 aromatic heterocycles. The molecule has 0 atom stereocenters. The van der Waals surface area contributed by atoms with E-state index in [1.54, 1.807) is 0 Å². The maximum absolute atomic E-state index is 5.16. The summed E-state index contributed by atoms with van der Waals surface area (Å²) < 4.78 is 2.47. The summed E-state index contributed by atoms with van der Waals surface area (Å²) in [5.41, 5.74) is 8.45. The Balaban J connectivity index is 1.35. The maximum atomic E-state index is 5.16. The van der Waals surface area contributed by atoms with Gasteiger partial charge in [-0.3, -0.25) is 0 Å². The van der Waals surface area contributed by atoms with Crippen molar-refractivity contribution < 1.29 is 0 Å². The van der Waals surface area contributed by atoms with Gasteiger partial charge in [0.05, 0.1) is 27.9 Å². The summed E-state index contributed by atoms with van der Waals surface area (Å²) in [6.45, 7) is 0. The molecule has 0 bridgehead atoms. The van der Waals surface area contributed by atoms with Crippen LogP contribution in [0.2, 0.25) is 0 Å². The number of rotatable bonds is 3. The van der Waals surface area contributed by atoms with Crippen LogP contribution in [0.3, 0.4) is 0 Å². The molecular weight excluding hydrogens is 595 g/mol. The lowest BCUT2D eigenvalue weighted by atomic mass is 10.0. The quantitative estimate of drug-likeness (QED) is 0.196. The average Bonchev–Trinajstić information content (AvgIpc) is 3.53. The summed E-state index contributed by atoms with van der Waals surface area (Å²) in [5.74, 6) is 0.716. The van der Waals surface area contributed by atoms with Gasteiger partial charge in [0.25, 0.3) is 0 Å². The van der Waals surface area contributed by atoms with Crippen molar-refractivity contribution in [1.29, 1.82) is 0 Å². The topological polar surface area (TPSA) is 30.2 Å². The Bertz CT molecular complexity index is 2870. The van der Waals surface area contributed by atoms with Gasteiger partial charge in [-0.2, -0.15) is 0 Å². The van der Waals surface area contributed by atoms with E-state index in [9.17, 15) is 0 Å². The van der Waals surface area contributed by atoms with Crippen LogP contribution in [-0.2, 0) is 0 Å². The number of nitrogens with zero attached hydrogens (tertiary/aromatic N) is 3. The van der Waals surface area contributed by atoms with Crippen molar-refractivity contribution >= 4 is 59.6 Å². The first-order valence-electron chi connectivity index (χ1n) is 16.7. The minimum atomic E-state index is 0.716. The van der Waals surface area contributed by atoms with E-state index in [1.807, 2.05) is 24.3 Å². The molecule has 10 rings (SSSR count). The van der Waals surface area contributed by atoms with E-state index >= 15 is 0 Å². The normalized spacial score (nSPS) is 11.7. The molecule has 49 heavy (non-hydrogen) atoms. The lowest BCUT2D eigenvalue weighted by molar-refractivity contribution is 1.18. The summed E-state index contributed by atoms with van der Waals surface area (Å²) in [4.78, 5) is 10.2. The summed E-state index contributed by atoms with van der Waals surface area (Å²) in [6.07, 6.45) is 0. The Morgan fingerprint density at radius 2 is 0.776 bits per heavy atom. The van der Waals surface area contributed by atoms with Crippen molar-refractivity contribution in [3.05, 3.63) is 176 Å². The second kappa shape index (κ2) is 11.0. The Morgan fingerprint density at radius 1 is 0.306 bits per heavy atom. The van der Waals surface area contributed by atoms with E-state index in [1.165, 1.54) is 54.1 Å². The number of hydrogen-bond acceptors (Lipinski definition) is 2. The fourth-order valence-corrected chi connectivity index (χ4v) is 7.57. The Morgan fingerprint density at radius 3 is 1.45 bits per heavy atom. The predicted molar refractivity (Wildman–Crippen MR) is 206 cm³/mol. The molecule has 7 aromatic carbocycles. The second-order valence-electron chi connectivity index (χ2n) is 12.6. The molecule has 3 heteroatoms. The molecule has 3 heterocycles. The van der Waals surface area contributed by atoms with Crippen molar-refractivity contribution in [1.82, 2.24) is 14.4 Å². The number of fused-ring (bicyclic) bond motifs is 10. The lowest BCUT2D eigenvalue weighted by Crippen LogP contribution is -1.95. The third kappa shape index (κ3) is 4.37. The van der Waals surface area contributed by atoms with Crippen molar-refractivity contribution in [3.8, 4) is 33.9 Å². The van der Waals surface area contributed by atoms with Crippen LogP contribution < -0.4 is 0 Å². The van der Waals surface area contributed by atoms with Gasteiger partial charge in [-0.25, -0.2) is 9.97 Å². The third-order valence-electron chi connectivity index (χ3n) is 9.78. The third-order valence-corrected chi connectivity index (χ3v) is 9.78. The first-order chi connectivity index (χ1) is 24.3. The zero-order chi connectivity index (χ0) is 32.3. The zero-order valence-corrected chi connectivity index (χ0v) is 26.6.